The van der Waals surface area contributed by atoms with Crippen LogP contribution < -0.4 is 19.5 Å². The normalized spacial score (nSPS) is 11.0. The van der Waals surface area contributed by atoms with E-state index in [9.17, 15) is 13.2 Å². The van der Waals surface area contributed by atoms with Crippen molar-refractivity contribution >= 4 is 27.3 Å². The number of rotatable bonds is 8. The summed E-state index contributed by atoms with van der Waals surface area (Å²) in [6.45, 7) is 7.70. The fourth-order valence-electron chi connectivity index (χ4n) is 2.42. The molecule has 2 aromatic rings. The fraction of sp³-hybridized carbons (Fsp3) is 0.316. The lowest BCUT2D eigenvalue weighted by Crippen LogP contribution is -2.14. The van der Waals surface area contributed by atoms with Crippen molar-refractivity contribution in [1.82, 2.24) is 0 Å². The number of hydrogen-bond acceptors (Lipinski definition) is 5. The molecule has 0 saturated carbocycles. The minimum Gasteiger partial charge on any atom is -0.490 e. The van der Waals surface area contributed by atoms with Crippen molar-refractivity contribution in [2.24, 2.45) is 0 Å². The van der Waals surface area contributed by atoms with Crippen LogP contribution in [0.5, 0.6) is 11.5 Å². The van der Waals surface area contributed by atoms with Gasteiger partial charge in [0.1, 0.15) is 0 Å². The zero-order chi connectivity index (χ0) is 20.0. The maximum atomic E-state index is 12.8. The molecule has 2 rings (SSSR count). The molecule has 0 aliphatic heterocycles. The number of benzene rings is 2. The molecule has 0 aliphatic rings. The quantitative estimate of drug-likeness (QED) is 0.716. The van der Waals surface area contributed by atoms with Crippen LogP contribution >= 0.6 is 0 Å². The van der Waals surface area contributed by atoms with E-state index in [1.165, 1.54) is 19.1 Å². The van der Waals surface area contributed by atoms with Gasteiger partial charge in [0.25, 0.3) is 10.0 Å². The van der Waals surface area contributed by atoms with Gasteiger partial charge in [-0.15, -0.1) is 0 Å². The minimum atomic E-state index is -3.84. The molecular weight excluding hydrogens is 368 g/mol. The molecule has 0 fully saturated rings. The van der Waals surface area contributed by atoms with Crippen LogP contribution in [0.25, 0.3) is 0 Å². The zero-order valence-electron chi connectivity index (χ0n) is 15.8. The molecule has 2 N–H and O–H groups in total. The molecule has 27 heavy (non-hydrogen) atoms. The highest BCUT2D eigenvalue weighted by molar-refractivity contribution is 7.92. The Hall–Kier alpha value is -2.74. The van der Waals surface area contributed by atoms with Gasteiger partial charge in [-0.3, -0.25) is 9.52 Å². The molecule has 0 bridgehead atoms. The molecule has 1 amide bonds. The average molecular weight is 392 g/mol. The smallest absolute Gasteiger partial charge is 0.262 e. The van der Waals surface area contributed by atoms with Gasteiger partial charge in [-0.2, -0.15) is 0 Å². The van der Waals surface area contributed by atoms with E-state index in [4.69, 9.17) is 9.47 Å². The predicted molar refractivity (Wildman–Crippen MR) is 105 cm³/mol. The molecule has 0 aromatic heterocycles. The SMILES string of the molecule is CCOc1ccc(S(=O)(=O)Nc2ccc(C)c(NC(C)=O)c2)cc1OCC. The number of aryl methyl sites for hydroxylation is 1. The Balaban J connectivity index is 2.33. The number of carbonyl (C=O) groups excluding carboxylic acids is 1. The second kappa shape index (κ2) is 8.77. The van der Waals surface area contributed by atoms with Crippen molar-refractivity contribution in [2.75, 3.05) is 23.3 Å². The number of sulfonamides is 1. The van der Waals surface area contributed by atoms with Crippen LogP contribution in [-0.2, 0) is 14.8 Å². The highest BCUT2D eigenvalue weighted by Crippen LogP contribution is 2.31. The topological polar surface area (TPSA) is 93.7 Å². The van der Waals surface area contributed by atoms with E-state index in [0.717, 1.165) is 5.56 Å². The van der Waals surface area contributed by atoms with Gasteiger partial charge in [-0.05, 0) is 50.6 Å². The Bertz CT molecular complexity index is 926. The van der Waals surface area contributed by atoms with Crippen molar-refractivity contribution in [1.29, 1.82) is 0 Å². The monoisotopic (exact) mass is 392 g/mol. The van der Waals surface area contributed by atoms with Crippen LogP contribution in [-0.4, -0.2) is 27.5 Å². The third kappa shape index (κ3) is 5.37. The van der Waals surface area contributed by atoms with Crippen molar-refractivity contribution in [3.63, 3.8) is 0 Å². The molecule has 2 aromatic carbocycles. The Morgan fingerprint density at radius 3 is 2.30 bits per heavy atom. The first-order valence-electron chi connectivity index (χ1n) is 8.57. The molecular formula is C19H24N2O5S. The first-order valence-corrected chi connectivity index (χ1v) is 10.1. The molecule has 8 heteroatoms. The highest BCUT2D eigenvalue weighted by Gasteiger charge is 2.18. The number of nitrogens with one attached hydrogen (secondary N) is 2. The summed E-state index contributed by atoms with van der Waals surface area (Å²) in [5.41, 5.74) is 1.72. The Labute approximate surface area is 159 Å². The van der Waals surface area contributed by atoms with E-state index in [1.807, 2.05) is 20.8 Å². The van der Waals surface area contributed by atoms with Crippen LogP contribution in [0.4, 0.5) is 11.4 Å². The van der Waals surface area contributed by atoms with E-state index in [0.29, 0.717) is 36.1 Å². The first-order chi connectivity index (χ1) is 12.8. The summed E-state index contributed by atoms with van der Waals surface area (Å²) in [7, 11) is -3.84. The van der Waals surface area contributed by atoms with Gasteiger partial charge in [0.2, 0.25) is 5.91 Å². The van der Waals surface area contributed by atoms with Gasteiger partial charge in [0.05, 0.1) is 23.8 Å². The minimum absolute atomic E-state index is 0.0519. The van der Waals surface area contributed by atoms with Gasteiger partial charge in [0.15, 0.2) is 11.5 Å². The molecule has 0 aliphatic carbocycles. The van der Waals surface area contributed by atoms with Crippen LogP contribution in [0.2, 0.25) is 0 Å². The molecule has 0 saturated heterocycles. The maximum Gasteiger partial charge on any atom is 0.262 e. The molecule has 0 spiro atoms. The van der Waals surface area contributed by atoms with Crippen LogP contribution in [0.1, 0.15) is 26.3 Å². The summed E-state index contributed by atoms with van der Waals surface area (Å²) >= 11 is 0. The molecule has 146 valence electrons. The molecule has 0 atom stereocenters. The van der Waals surface area contributed by atoms with E-state index < -0.39 is 10.0 Å². The second-order valence-corrected chi connectivity index (χ2v) is 7.47. The summed E-state index contributed by atoms with van der Waals surface area (Å²) in [4.78, 5) is 11.3. The van der Waals surface area contributed by atoms with E-state index in [-0.39, 0.29) is 10.8 Å². The number of carbonyl (C=O) groups is 1. The summed E-state index contributed by atoms with van der Waals surface area (Å²) in [6, 6.07) is 9.40. The molecule has 0 radical (unpaired) electrons. The third-order valence-corrected chi connectivity index (χ3v) is 5.00. The number of amides is 1. The van der Waals surface area contributed by atoms with Crippen LogP contribution in [0.3, 0.4) is 0 Å². The predicted octanol–water partition coefficient (Wildman–Crippen LogP) is 3.55. The van der Waals surface area contributed by atoms with Crippen molar-refractivity contribution in [2.45, 2.75) is 32.6 Å². The van der Waals surface area contributed by atoms with Gasteiger partial charge in [0, 0.05) is 18.7 Å². The lowest BCUT2D eigenvalue weighted by atomic mass is 10.2. The lowest BCUT2D eigenvalue weighted by Gasteiger charge is -2.14. The van der Waals surface area contributed by atoms with Gasteiger partial charge in [-0.25, -0.2) is 8.42 Å². The fourth-order valence-corrected chi connectivity index (χ4v) is 3.49. The van der Waals surface area contributed by atoms with Crippen LogP contribution in [0, 0.1) is 6.92 Å². The standard InChI is InChI=1S/C19H24N2O5S/c1-5-25-18-10-9-16(12-19(18)26-6-2)27(23,24)21-15-8-7-13(3)17(11-15)20-14(4)22/h7-12,21H,5-6H2,1-4H3,(H,20,22). The molecule has 0 heterocycles. The van der Waals surface area contributed by atoms with E-state index in [2.05, 4.69) is 10.0 Å². The third-order valence-electron chi connectivity index (χ3n) is 3.63. The van der Waals surface area contributed by atoms with Gasteiger partial charge < -0.3 is 14.8 Å². The van der Waals surface area contributed by atoms with Crippen molar-refractivity contribution < 1.29 is 22.7 Å². The number of hydrogen-bond donors (Lipinski definition) is 2. The average Bonchev–Trinajstić information content (AvgIpc) is 2.59. The van der Waals surface area contributed by atoms with Gasteiger partial charge >= 0.3 is 0 Å². The maximum absolute atomic E-state index is 12.8. The second-order valence-electron chi connectivity index (χ2n) is 5.79. The lowest BCUT2D eigenvalue weighted by molar-refractivity contribution is -0.114. The van der Waals surface area contributed by atoms with Crippen molar-refractivity contribution in [3.05, 3.63) is 42.0 Å². The largest absolute Gasteiger partial charge is 0.490 e. The highest BCUT2D eigenvalue weighted by atomic mass is 32.2. The number of ether oxygens (including phenoxy) is 2. The Morgan fingerprint density at radius 1 is 1.00 bits per heavy atom. The Kier molecular flexibility index (Phi) is 6.68. The Morgan fingerprint density at radius 2 is 1.67 bits per heavy atom. The van der Waals surface area contributed by atoms with E-state index >= 15 is 0 Å². The number of anilines is 2. The van der Waals surface area contributed by atoms with Gasteiger partial charge in [-0.1, -0.05) is 6.07 Å². The molecule has 7 nitrogen and oxygen atoms in total. The van der Waals surface area contributed by atoms with E-state index in [1.54, 1.807) is 24.3 Å². The summed E-state index contributed by atoms with van der Waals surface area (Å²) in [5.74, 6) is 0.623. The molecule has 0 unspecified atom stereocenters. The first kappa shape index (κ1) is 20.6. The summed E-state index contributed by atoms with van der Waals surface area (Å²) in [6.07, 6.45) is 0. The van der Waals surface area contributed by atoms with Crippen molar-refractivity contribution in [3.8, 4) is 11.5 Å². The summed E-state index contributed by atoms with van der Waals surface area (Å²) < 4.78 is 39.0. The van der Waals surface area contributed by atoms with Crippen LogP contribution in [0.15, 0.2) is 41.3 Å². The zero-order valence-corrected chi connectivity index (χ0v) is 16.6. The summed E-state index contributed by atoms with van der Waals surface area (Å²) in [5, 5.41) is 2.68.